The summed E-state index contributed by atoms with van der Waals surface area (Å²) >= 11 is 0. The van der Waals surface area contributed by atoms with Gasteiger partial charge in [0.25, 0.3) is 11.4 Å². The predicted molar refractivity (Wildman–Crippen MR) is 228 cm³/mol. The molecule has 34 nitrogen and oxygen atoms in total. The Hall–Kier alpha value is -7.37. The van der Waals surface area contributed by atoms with Crippen LogP contribution in [0.15, 0.2) is 113 Å². The first-order valence-corrected chi connectivity index (χ1v) is 27.1. The average molecular weight is 1200 g/mol. The third kappa shape index (κ3) is 14.9. The van der Waals surface area contributed by atoms with E-state index in [9.17, 15) is 118 Å². The molecule has 41 heteroatoms. The van der Waals surface area contributed by atoms with Crippen molar-refractivity contribution in [2.45, 2.75) is 19.6 Å². The summed E-state index contributed by atoms with van der Waals surface area (Å²) in [5.41, 5.74) is -7.00. The van der Waals surface area contributed by atoms with Gasteiger partial charge < -0.3 is 58.4 Å². The van der Waals surface area contributed by atoms with Crippen molar-refractivity contribution >= 4 is 128 Å². The molecule has 6 aromatic rings. The molecule has 0 aliphatic heterocycles. The molecule has 0 aliphatic carbocycles. The molecule has 0 bridgehead atoms. The Balaban J connectivity index is 0.000000320. The van der Waals surface area contributed by atoms with E-state index in [0.717, 1.165) is 36.4 Å². The second-order valence-corrected chi connectivity index (χ2v) is 22.2. The van der Waals surface area contributed by atoms with Gasteiger partial charge in [-0.25, -0.2) is 50.5 Å². The van der Waals surface area contributed by atoms with Crippen LogP contribution in [0, 0.1) is 20.2 Å². The zero-order valence-electron chi connectivity index (χ0n) is 35.5. The molecule has 6 rings (SSSR count). The number of non-ortho nitro benzene ring substituents is 2. The van der Waals surface area contributed by atoms with Gasteiger partial charge >= 0.3 is 17.4 Å². The molecular formula is C34H18CrN8O26S6-7. The standard InChI is InChI=1S/2C17H14N4O13S3.Cr/c2*22-16-11-4-9(18-7-35(26,27)28)2-1-8(11)3-13(36(29,30)31)15(16)20-19-12-5-10(21(24)25)6-14(17(12)23)37(32,33)34;/h2*1-6,18,22-23H,7H2,(H,26,27,28)(H,29,30,31)(H,32,33,34);/q;;+3/p-10. The number of hydrogen-bond acceptors (Lipinski definition) is 32. The Morgan fingerprint density at radius 2 is 0.720 bits per heavy atom. The summed E-state index contributed by atoms with van der Waals surface area (Å²) in [6.07, 6.45) is 0. The van der Waals surface area contributed by atoms with E-state index >= 15 is 0 Å². The van der Waals surface area contributed by atoms with E-state index in [2.05, 4.69) is 31.1 Å². The monoisotopic (exact) mass is 1200 g/mol. The van der Waals surface area contributed by atoms with Crippen LogP contribution in [-0.4, -0.2) is 99.4 Å². The van der Waals surface area contributed by atoms with Crippen molar-refractivity contribution in [1.82, 2.24) is 0 Å². The number of benzene rings is 6. The maximum atomic E-state index is 13.0. The minimum atomic E-state index is -5.53. The molecule has 1 radical (unpaired) electrons. The first kappa shape index (κ1) is 60.2. The van der Waals surface area contributed by atoms with Crippen LogP contribution in [0.4, 0.5) is 45.5 Å². The van der Waals surface area contributed by atoms with Crippen LogP contribution in [0.1, 0.15) is 0 Å². The van der Waals surface area contributed by atoms with Gasteiger partial charge in [0.2, 0.25) is 0 Å². The maximum absolute atomic E-state index is 13.0. The van der Waals surface area contributed by atoms with Gasteiger partial charge in [0.15, 0.2) is 0 Å². The van der Waals surface area contributed by atoms with Crippen LogP contribution in [0.2, 0.25) is 0 Å². The second-order valence-electron chi connectivity index (χ2n) is 14.0. The maximum Gasteiger partial charge on any atom is 3.00 e. The van der Waals surface area contributed by atoms with Crippen LogP contribution in [0.5, 0.6) is 23.0 Å². The van der Waals surface area contributed by atoms with E-state index in [4.69, 9.17) is 0 Å². The molecule has 0 aliphatic rings. The third-order valence-corrected chi connectivity index (χ3v) is 13.4. The SMILES string of the molecule is O=[N+]([O-])c1cc(N=Nc2c(S(=O)(=O)[O-])cc3ccc(NCS(=O)(=O)[O-])cc3c2[O-])c([O-])c(S(=O)(=O)[O-])c1.O=[N+]([O-])c1cc(N=Nc2c(S(=O)(=O)[O-])cc3ccc(NCS(=O)(=O)[O-])cc3c2[O-])c([O-])c(S(=O)(=O)[O-])c1.[Cr+3]. The quantitative estimate of drug-likeness (QED) is 0.0560. The molecule has 0 aromatic heterocycles. The zero-order chi connectivity index (χ0) is 55.8. The third-order valence-electron chi connectivity index (χ3n) is 9.03. The number of rotatable bonds is 16. The minimum absolute atomic E-state index is 0. The van der Waals surface area contributed by atoms with Crippen molar-refractivity contribution in [2.75, 3.05) is 22.4 Å². The van der Waals surface area contributed by atoms with Crippen molar-refractivity contribution in [1.29, 1.82) is 0 Å². The summed E-state index contributed by atoms with van der Waals surface area (Å²) in [4.78, 5) is 14.2. The van der Waals surface area contributed by atoms with Crippen molar-refractivity contribution in [3.8, 4) is 23.0 Å². The molecule has 0 spiro atoms. The van der Waals surface area contributed by atoms with Crippen LogP contribution >= 0.6 is 0 Å². The second kappa shape index (κ2) is 21.8. The first-order chi connectivity index (χ1) is 33.8. The zero-order valence-corrected chi connectivity index (χ0v) is 41.7. The van der Waals surface area contributed by atoms with Crippen LogP contribution in [0.3, 0.4) is 0 Å². The van der Waals surface area contributed by atoms with Crippen LogP contribution in [0.25, 0.3) is 21.5 Å². The van der Waals surface area contributed by atoms with Crippen LogP contribution < -0.4 is 31.1 Å². The number of azo groups is 2. The molecule has 75 heavy (non-hydrogen) atoms. The van der Waals surface area contributed by atoms with Gasteiger partial charge in [-0.1, -0.05) is 35.1 Å². The summed E-state index contributed by atoms with van der Waals surface area (Å²) in [5, 5.41) is 88.9. The number of nitrogens with zero attached hydrogens (tertiary/aromatic N) is 6. The summed E-state index contributed by atoms with van der Waals surface area (Å²) in [6.45, 7) is 0. The largest absolute Gasteiger partial charge is 3.00 e. The Morgan fingerprint density at radius 1 is 0.413 bits per heavy atom. The molecule has 0 saturated heterocycles. The van der Waals surface area contributed by atoms with Crippen molar-refractivity contribution < 1.29 is 125 Å². The smallest absolute Gasteiger partial charge is 0.871 e. The molecule has 0 amide bonds. The molecule has 0 unspecified atom stereocenters. The van der Waals surface area contributed by atoms with Crippen molar-refractivity contribution in [3.05, 3.63) is 93.0 Å². The number of fused-ring (bicyclic) bond motifs is 2. The summed E-state index contributed by atoms with van der Waals surface area (Å²) < 4.78 is 203. The van der Waals surface area contributed by atoms with Gasteiger partial charge in [0.05, 0.1) is 52.2 Å². The van der Waals surface area contributed by atoms with Gasteiger partial charge in [-0.2, -0.15) is 10.2 Å². The minimum Gasteiger partial charge on any atom is -0.871 e. The Morgan fingerprint density at radius 3 is 0.987 bits per heavy atom. The van der Waals surface area contributed by atoms with Gasteiger partial charge in [0, 0.05) is 35.6 Å². The van der Waals surface area contributed by atoms with E-state index < -0.39 is 159 Å². The number of nitro benzene ring substituents is 2. The molecule has 2 N–H and O–H groups in total. The van der Waals surface area contributed by atoms with Crippen molar-refractivity contribution in [3.63, 3.8) is 0 Å². The number of nitrogens with one attached hydrogen (secondary N) is 2. The average Bonchev–Trinajstić information content (AvgIpc) is 3.25. The Kier molecular flexibility index (Phi) is 17.5. The molecule has 399 valence electrons. The number of anilines is 2. The molecular weight excluding hydrogens is 1180 g/mol. The molecule has 6 aromatic carbocycles. The Labute approximate surface area is 429 Å². The topological polar surface area (TPSA) is 595 Å². The van der Waals surface area contributed by atoms with Crippen molar-refractivity contribution in [2.24, 2.45) is 20.5 Å². The first-order valence-electron chi connectivity index (χ1n) is 18.3. The van der Waals surface area contributed by atoms with Gasteiger partial charge in [-0.05, 0) is 57.9 Å². The molecule has 0 fully saturated rings. The molecule has 0 atom stereocenters. The number of hydrogen-bond donors (Lipinski definition) is 2. The fourth-order valence-corrected chi connectivity index (χ4v) is 9.04. The predicted octanol–water partition coefficient (Wildman–Crippen LogP) is 0.0643. The van der Waals surface area contributed by atoms with Gasteiger partial charge in [-0.3, -0.25) is 20.2 Å². The Bertz CT molecular complexity index is 3880. The van der Waals surface area contributed by atoms with E-state index in [1.165, 1.54) is 0 Å². The van der Waals surface area contributed by atoms with Crippen LogP contribution in [-0.2, 0) is 78.1 Å². The number of nitro groups is 2. The molecule has 0 saturated carbocycles. The van der Waals surface area contributed by atoms with E-state index in [-0.39, 0.29) is 62.4 Å². The summed E-state index contributed by atoms with van der Waals surface area (Å²) in [7, 11) is -31.4. The normalized spacial score (nSPS) is 12.6. The fraction of sp³-hybridized carbons (Fsp3) is 0.0588. The van der Waals surface area contributed by atoms with E-state index in [1.807, 2.05) is 0 Å². The molecule has 0 heterocycles. The van der Waals surface area contributed by atoms with Gasteiger partial charge in [-0.15, -0.1) is 10.2 Å². The van der Waals surface area contributed by atoms with E-state index in [1.54, 1.807) is 0 Å². The summed E-state index contributed by atoms with van der Waals surface area (Å²) in [5.74, 6) is -8.05. The van der Waals surface area contributed by atoms with Gasteiger partial charge in [0.1, 0.15) is 72.5 Å². The summed E-state index contributed by atoms with van der Waals surface area (Å²) in [6, 6.07) is 9.01. The van der Waals surface area contributed by atoms with E-state index in [0.29, 0.717) is 24.3 Å². The fourth-order valence-electron chi connectivity index (χ4n) is 5.87.